The molecule has 0 saturated heterocycles. The van der Waals surface area contributed by atoms with Crippen LogP contribution < -0.4 is 10.5 Å². The third-order valence-corrected chi connectivity index (χ3v) is 7.24. The lowest BCUT2D eigenvalue weighted by atomic mass is 9.54. The number of ether oxygens (including phenoxy) is 1. The van der Waals surface area contributed by atoms with Crippen molar-refractivity contribution in [1.82, 2.24) is 0 Å². The fourth-order valence-electron chi connectivity index (χ4n) is 5.80. The second-order valence-corrected chi connectivity index (χ2v) is 8.06. The summed E-state index contributed by atoms with van der Waals surface area (Å²) in [5.74, 6) is 2.37. The number of aromatic hydroxyl groups is 1. The number of methoxy groups -OCH3 is 1. The van der Waals surface area contributed by atoms with Crippen LogP contribution in [0, 0.1) is 17.3 Å². The minimum Gasteiger partial charge on any atom is -0.504 e. The Bertz CT molecular complexity index is 642. The molecule has 5 atom stereocenters. The largest absolute Gasteiger partial charge is 0.504 e. The highest BCUT2D eigenvalue weighted by Gasteiger charge is 2.60. The van der Waals surface area contributed by atoms with Crippen molar-refractivity contribution in [3.8, 4) is 11.5 Å². The van der Waals surface area contributed by atoms with Gasteiger partial charge in [0.15, 0.2) is 11.5 Å². The Kier molecular flexibility index (Phi) is 3.23. The summed E-state index contributed by atoms with van der Waals surface area (Å²) in [5.41, 5.74) is 7.67. The van der Waals surface area contributed by atoms with Crippen LogP contribution in [-0.4, -0.2) is 23.0 Å². The molecule has 1 aromatic rings. The predicted molar refractivity (Wildman–Crippen MR) is 88.4 cm³/mol. The molecule has 0 bridgehead atoms. The van der Waals surface area contributed by atoms with Gasteiger partial charge in [-0.15, -0.1) is 0 Å². The van der Waals surface area contributed by atoms with Gasteiger partial charge in [0.1, 0.15) is 5.72 Å². The smallest absolute Gasteiger partial charge is 0.160 e. The summed E-state index contributed by atoms with van der Waals surface area (Å²) in [5, 5.41) is 20.7. The van der Waals surface area contributed by atoms with E-state index in [2.05, 4.69) is 6.92 Å². The number of phenolic OH excluding ortho intramolecular Hbond substituents is 1. The molecule has 4 rings (SSSR count). The summed E-state index contributed by atoms with van der Waals surface area (Å²) in [6, 6.07) is 3.92. The number of nitrogens with two attached hydrogens (primary N) is 1. The summed E-state index contributed by atoms with van der Waals surface area (Å²) < 4.78 is 5.32. The van der Waals surface area contributed by atoms with Crippen LogP contribution in [0.25, 0.3) is 0 Å². The van der Waals surface area contributed by atoms with Gasteiger partial charge in [0, 0.05) is 5.41 Å². The van der Waals surface area contributed by atoms with Crippen LogP contribution in [0.5, 0.6) is 11.5 Å². The predicted octanol–water partition coefficient (Wildman–Crippen LogP) is 2.90. The summed E-state index contributed by atoms with van der Waals surface area (Å²) in [6.07, 6.45) is 5.87. The van der Waals surface area contributed by atoms with Crippen molar-refractivity contribution in [2.24, 2.45) is 23.0 Å². The van der Waals surface area contributed by atoms with Crippen molar-refractivity contribution in [3.63, 3.8) is 0 Å². The van der Waals surface area contributed by atoms with Crippen molar-refractivity contribution in [3.05, 3.63) is 23.3 Å². The average Bonchev–Trinajstić information content (AvgIpc) is 2.76. The van der Waals surface area contributed by atoms with Gasteiger partial charge in [-0.3, -0.25) is 0 Å². The maximum absolute atomic E-state index is 10.7. The first-order valence-electron chi connectivity index (χ1n) is 8.78. The fourth-order valence-corrected chi connectivity index (χ4v) is 5.80. The number of benzene rings is 1. The maximum atomic E-state index is 10.7. The van der Waals surface area contributed by atoms with E-state index >= 15 is 0 Å². The maximum Gasteiger partial charge on any atom is 0.160 e. The monoisotopic (exact) mass is 317 g/mol. The van der Waals surface area contributed by atoms with Gasteiger partial charge < -0.3 is 20.7 Å². The van der Waals surface area contributed by atoms with E-state index in [9.17, 15) is 10.2 Å². The second kappa shape index (κ2) is 4.87. The Hall–Kier alpha value is -1.26. The molecular formula is C19H27NO3. The van der Waals surface area contributed by atoms with Crippen LogP contribution in [0.1, 0.15) is 56.1 Å². The zero-order valence-electron chi connectivity index (χ0n) is 14.0. The van der Waals surface area contributed by atoms with Crippen molar-refractivity contribution >= 4 is 0 Å². The Morgan fingerprint density at radius 2 is 2.00 bits per heavy atom. The van der Waals surface area contributed by atoms with Gasteiger partial charge in [-0.25, -0.2) is 0 Å². The van der Waals surface area contributed by atoms with E-state index in [0.717, 1.165) is 32.1 Å². The van der Waals surface area contributed by atoms with Gasteiger partial charge >= 0.3 is 0 Å². The first-order chi connectivity index (χ1) is 10.9. The zero-order chi connectivity index (χ0) is 16.4. The Morgan fingerprint density at radius 1 is 1.22 bits per heavy atom. The third-order valence-electron chi connectivity index (χ3n) is 7.24. The lowest BCUT2D eigenvalue weighted by molar-refractivity contribution is -0.0984. The third kappa shape index (κ3) is 1.97. The summed E-state index contributed by atoms with van der Waals surface area (Å²) in [4.78, 5) is 0. The average molecular weight is 317 g/mol. The molecule has 2 fully saturated rings. The molecule has 4 nitrogen and oxygen atoms in total. The molecule has 0 spiro atoms. The molecule has 0 aromatic heterocycles. The summed E-state index contributed by atoms with van der Waals surface area (Å²) in [7, 11) is 1.60. The topological polar surface area (TPSA) is 75.7 Å². The molecule has 0 heterocycles. The highest BCUT2D eigenvalue weighted by Crippen LogP contribution is 2.63. The van der Waals surface area contributed by atoms with Gasteiger partial charge in [-0.2, -0.15) is 0 Å². The first kappa shape index (κ1) is 15.3. The molecule has 1 aromatic carbocycles. The van der Waals surface area contributed by atoms with Crippen molar-refractivity contribution in [1.29, 1.82) is 0 Å². The lowest BCUT2D eigenvalue weighted by Gasteiger charge is -2.52. The van der Waals surface area contributed by atoms with E-state index in [4.69, 9.17) is 10.5 Å². The molecule has 2 saturated carbocycles. The normalized spacial score (nSPS) is 41.8. The first-order valence-corrected chi connectivity index (χ1v) is 8.78. The molecule has 0 amide bonds. The minimum absolute atomic E-state index is 0.160. The molecular weight excluding hydrogens is 290 g/mol. The Morgan fingerprint density at radius 3 is 2.74 bits per heavy atom. The fraction of sp³-hybridized carbons (Fsp3) is 0.684. The van der Waals surface area contributed by atoms with Gasteiger partial charge in [0.05, 0.1) is 7.11 Å². The van der Waals surface area contributed by atoms with Crippen LogP contribution >= 0.6 is 0 Å². The zero-order valence-corrected chi connectivity index (χ0v) is 14.0. The second-order valence-electron chi connectivity index (χ2n) is 8.06. The van der Waals surface area contributed by atoms with Crippen LogP contribution in [0.2, 0.25) is 0 Å². The molecule has 126 valence electrons. The standard InChI is InChI=1S/C19H27NO3/c1-18-7-5-12-13(15(18)6-8-19(18,20)22)4-3-11-9-16(21)17(23-2)10-14(11)12/h9-10,12-13,15,21-22H,3-8,20H2,1-2H3/t12-,13+,15-,18-,19-/m0/s1. The van der Waals surface area contributed by atoms with Gasteiger partial charge in [0.2, 0.25) is 0 Å². The number of hydrogen-bond donors (Lipinski definition) is 3. The number of fused-ring (bicyclic) bond motifs is 5. The minimum atomic E-state index is -1.02. The number of aliphatic hydroxyl groups is 1. The van der Waals surface area contributed by atoms with E-state index in [1.165, 1.54) is 11.1 Å². The molecule has 4 N–H and O–H groups in total. The molecule has 0 aliphatic heterocycles. The van der Waals surface area contributed by atoms with Crippen LogP contribution in [0.4, 0.5) is 0 Å². The Balaban J connectivity index is 1.73. The quantitative estimate of drug-likeness (QED) is 0.696. The molecule has 0 unspecified atom stereocenters. The highest BCUT2D eigenvalue weighted by molar-refractivity contribution is 5.49. The molecule has 4 heteroatoms. The van der Waals surface area contributed by atoms with E-state index in [-0.39, 0.29) is 11.2 Å². The Labute approximate surface area is 137 Å². The van der Waals surface area contributed by atoms with Crippen LogP contribution in [0.15, 0.2) is 12.1 Å². The lowest BCUT2D eigenvalue weighted by Crippen LogP contribution is -2.55. The van der Waals surface area contributed by atoms with Crippen LogP contribution in [0.3, 0.4) is 0 Å². The van der Waals surface area contributed by atoms with E-state index in [0.29, 0.717) is 29.9 Å². The molecule has 3 aliphatic rings. The molecule has 0 radical (unpaired) electrons. The van der Waals surface area contributed by atoms with E-state index < -0.39 is 5.72 Å². The SMILES string of the molecule is COc1cc2c(cc1O)CC[C@@H]1[C@@H]2CC[C@@]2(C)[C@H]1CC[C@]2(N)O. The van der Waals surface area contributed by atoms with Crippen molar-refractivity contribution in [2.45, 2.75) is 57.1 Å². The molecule has 3 aliphatic carbocycles. The van der Waals surface area contributed by atoms with Crippen LogP contribution in [-0.2, 0) is 6.42 Å². The number of aryl methyl sites for hydroxylation is 1. The van der Waals surface area contributed by atoms with Crippen molar-refractivity contribution < 1.29 is 14.9 Å². The summed E-state index contributed by atoms with van der Waals surface area (Å²) in [6.45, 7) is 2.19. The van der Waals surface area contributed by atoms with E-state index in [1.54, 1.807) is 7.11 Å². The van der Waals surface area contributed by atoms with Gasteiger partial charge in [-0.1, -0.05) is 6.92 Å². The summed E-state index contributed by atoms with van der Waals surface area (Å²) >= 11 is 0. The number of hydrogen-bond acceptors (Lipinski definition) is 4. The van der Waals surface area contributed by atoms with Gasteiger partial charge in [0.25, 0.3) is 0 Å². The van der Waals surface area contributed by atoms with Gasteiger partial charge in [-0.05, 0) is 79.5 Å². The van der Waals surface area contributed by atoms with Crippen molar-refractivity contribution in [2.75, 3.05) is 7.11 Å². The number of rotatable bonds is 1. The molecule has 23 heavy (non-hydrogen) atoms. The number of phenols is 1. The highest BCUT2D eigenvalue weighted by atomic mass is 16.5. The van der Waals surface area contributed by atoms with E-state index in [1.807, 2.05) is 12.1 Å².